The lowest BCUT2D eigenvalue weighted by atomic mass is 9.87. The maximum Gasteiger partial charge on any atom is 0.0402 e. The normalized spacial score (nSPS) is 19.8. The van der Waals surface area contributed by atoms with Crippen LogP contribution in [0, 0.1) is 24.2 Å². The molecule has 0 spiro atoms. The molecule has 0 radical (unpaired) electrons. The van der Waals surface area contributed by atoms with Crippen molar-refractivity contribution in [1.29, 1.82) is 0 Å². The van der Waals surface area contributed by atoms with Crippen molar-refractivity contribution in [2.45, 2.75) is 33.6 Å². The molecule has 1 aromatic carbocycles. The van der Waals surface area contributed by atoms with Crippen molar-refractivity contribution in [3.05, 3.63) is 41.0 Å². The van der Waals surface area contributed by atoms with Gasteiger partial charge in [-0.1, -0.05) is 31.9 Å². The van der Waals surface area contributed by atoms with E-state index >= 15 is 0 Å². The van der Waals surface area contributed by atoms with Gasteiger partial charge in [0.1, 0.15) is 0 Å². The average molecular weight is 253 g/mol. The summed E-state index contributed by atoms with van der Waals surface area (Å²) in [7, 11) is 0. The second-order valence-electron chi connectivity index (χ2n) is 5.80. The third kappa shape index (κ3) is 3.20. The van der Waals surface area contributed by atoms with Crippen molar-refractivity contribution in [3.63, 3.8) is 0 Å². The summed E-state index contributed by atoms with van der Waals surface area (Å²) in [5, 5.41) is 3.60. The number of terminal acetylenes is 1. The Morgan fingerprint density at radius 2 is 1.95 bits per heavy atom. The van der Waals surface area contributed by atoms with E-state index in [-0.39, 0.29) is 0 Å². The highest BCUT2D eigenvalue weighted by atomic mass is 14.9. The van der Waals surface area contributed by atoms with Crippen molar-refractivity contribution in [3.8, 4) is 12.3 Å². The summed E-state index contributed by atoms with van der Waals surface area (Å²) in [5.41, 5.74) is 4.95. The molecule has 0 aromatic heterocycles. The van der Waals surface area contributed by atoms with Gasteiger partial charge >= 0.3 is 0 Å². The van der Waals surface area contributed by atoms with Gasteiger partial charge in [0.2, 0.25) is 0 Å². The van der Waals surface area contributed by atoms with Crippen LogP contribution in [0.25, 0.3) is 5.70 Å². The zero-order chi connectivity index (χ0) is 13.8. The summed E-state index contributed by atoms with van der Waals surface area (Å²) in [6.45, 7) is 7.96. The first-order chi connectivity index (χ1) is 9.11. The fourth-order valence-electron chi connectivity index (χ4n) is 2.78. The molecule has 2 rings (SSSR count). The molecule has 1 heteroatoms. The van der Waals surface area contributed by atoms with Crippen LogP contribution in [0.2, 0.25) is 0 Å². The van der Waals surface area contributed by atoms with E-state index in [0.29, 0.717) is 0 Å². The minimum Gasteiger partial charge on any atom is -0.385 e. The van der Waals surface area contributed by atoms with Gasteiger partial charge in [-0.3, -0.25) is 0 Å². The van der Waals surface area contributed by atoms with Crippen LogP contribution in [0.1, 0.15) is 44.7 Å². The highest BCUT2D eigenvalue weighted by Crippen LogP contribution is 2.30. The molecule has 1 aromatic rings. The zero-order valence-corrected chi connectivity index (χ0v) is 12.2. The van der Waals surface area contributed by atoms with Crippen molar-refractivity contribution in [1.82, 2.24) is 5.32 Å². The van der Waals surface area contributed by atoms with E-state index in [0.717, 1.165) is 23.9 Å². The van der Waals surface area contributed by atoms with E-state index in [1.165, 1.54) is 29.7 Å². The standard InChI is InChI=1S/C18H23N/c1-5-15-6-8-16(9-7-15)18-14(4)12-17(13(2)3)10-11-19-18/h1,6-9,13,17,19H,10-12H2,2-4H3. The van der Waals surface area contributed by atoms with E-state index in [1.807, 2.05) is 12.1 Å². The van der Waals surface area contributed by atoms with Crippen molar-refractivity contribution >= 4 is 5.70 Å². The maximum atomic E-state index is 5.40. The van der Waals surface area contributed by atoms with Gasteiger partial charge in [-0.15, -0.1) is 6.42 Å². The average Bonchev–Trinajstić information content (AvgIpc) is 2.61. The van der Waals surface area contributed by atoms with Gasteiger partial charge in [-0.05, 0) is 54.9 Å². The topological polar surface area (TPSA) is 12.0 Å². The summed E-state index contributed by atoms with van der Waals surface area (Å²) in [4.78, 5) is 0. The van der Waals surface area contributed by atoms with Crippen LogP contribution >= 0.6 is 0 Å². The Morgan fingerprint density at radius 1 is 1.26 bits per heavy atom. The first kappa shape index (κ1) is 13.7. The molecule has 100 valence electrons. The predicted molar refractivity (Wildman–Crippen MR) is 82.5 cm³/mol. The molecule has 0 saturated carbocycles. The minimum atomic E-state index is 0.750. The Bertz CT molecular complexity index is 499. The van der Waals surface area contributed by atoms with Crippen LogP contribution < -0.4 is 5.32 Å². The van der Waals surface area contributed by atoms with Crippen LogP contribution in [0.5, 0.6) is 0 Å². The van der Waals surface area contributed by atoms with Gasteiger partial charge in [-0.25, -0.2) is 0 Å². The van der Waals surface area contributed by atoms with Crippen molar-refractivity contribution in [2.75, 3.05) is 6.54 Å². The lowest BCUT2D eigenvalue weighted by Gasteiger charge is -2.18. The number of hydrogen-bond acceptors (Lipinski definition) is 1. The molecule has 1 aliphatic heterocycles. The van der Waals surface area contributed by atoms with Gasteiger partial charge in [-0.2, -0.15) is 0 Å². The number of benzene rings is 1. The monoisotopic (exact) mass is 253 g/mol. The molecule has 1 aliphatic rings. The second-order valence-corrected chi connectivity index (χ2v) is 5.80. The number of rotatable bonds is 2. The van der Waals surface area contributed by atoms with Gasteiger partial charge in [0.15, 0.2) is 0 Å². The summed E-state index contributed by atoms with van der Waals surface area (Å²) in [6.07, 6.45) is 7.85. The van der Waals surface area contributed by atoms with Gasteiger partial charge < -0.3 is 5.32 Å². The Hall–Kier alpha value is -1.68. The summed E-state index contributed by atoms with van der Waals surface area (Å²) >= 11 is 0. The zero-order valence-electron chi connectivity index (χ0n) is 12.2. The van der Waals surface area contributed by atoms with Crippen LogP contribution in [0.3, 0.4) is 0 Å². The summed E-state index contributed by atoms with van der Waals surface area (Å²) in [5.74, 6) is 4.20. The largest absolute Gasteiger partial charge is 0.385 e. The van der Waals surface area contributed by atoms with E-state index in [2.05, 4.69) is 44.1 Å². The molecule has 0 bridgehead atoms. The number of hydrogen-bond donors (Lipinski definition) is 1. The van der Waals surface area contributed by atoms with Crippen LogP contribution in [0.4, 0.5) is 0 Å². The molecule has 1 heterocycles. The smallest absolute Gasteiger partial charge is 0.0402 e. The van der Waals surface area contributed by atoms with Crippen LogP contribution in [-0.2, 0) is 0 Å². The molecular weight excluding hydrogens is 230 g/mol. The molecule has 19 heavy (non-hydrogen) atoms. The quantitative estimate of drug-likeness (QED) is 0.784. The molecular formula is C18H23N. The van der Waals surface area contributed by atoms with Gasteiger partial charge in [0.05, 0.1) is 0 Å². The molecule has 0 aliphatic carbocycles. The summed E-state index contributed by atoms with van der Waals surface area (Å²) < 4.78 is 0. The Labute approximate surface area is 117 Å². The first-order valence-electron chi connectivity index (χ1n) is 7.12. The highest BCUT2D eigenvalue weighted by molar-refractivity contribution is 5.67. The Morgan fingerprint density at radius 3 is 2.53 bits per heavy atom. The highest BCUT2D eigenvalue weighted by Gasteiger charge is 2.19. The lowest BCUT2D eigenvalue weighted by molar-refractivity contribution is 0.363. The SMILES string of the molecule is C#Cc1ccc(C2=C(C)CC(C(C)C)CCN2)cc1. The molecule has 1 atom stereocenters. The third-order valence-corrected chi connectivity index (χ3v) is 4.10. The third-order valence-electron chi connectivity index (χ3n) is 4.10. The lowest BCUT2D eigenvalue weighted by Crippen LogP contribution is -2.15. The summed E-state index contributed by atoms with van der Waals surface area (Å²) in [6, 6.07) is 8.28. The molecule has 0 amide bonds. The van der Waals surface area contributed by atoms with E-state index in [9.17, 15) is 0 Å². The minimum absolute atomic E-state index is 0.750. The maximum absolute atomic E-state index is 5.40. The van der Waals surface area contributed by atoms with Crippen LogP contribution in [0.15, 0.2) is 29.8 Å². The van der Waals surface area contributed by atoms with Gasteiger partial charge in [0.25, 0.3) is 0 Å². The fourth-order valence-corrected chi connectivity index (χ4v) is 2.78. The van der Waals surface area contributed by atoms with Crippen LogP contribution in [-0.4, -0.2) is 6.54 Å². The second kappa shape index (κ2) is 5.97. The van der Waals surface area contributed by atoms with E-state index < -0.39 is 0 Å². The number of nitrogens with one attached hydrogen (secondary N) is 1. The predicted octanol–water partition coefficient (Wildman–Crippen LogP) is 4.05. The Kier molecular flexibility index (Phi) is 4.32. The molecule has 1 nitrogen and oxygen atoms in total. The fraction of sp³-hybridized carbons (Fsp3) is 0.444. The molecule has 0 saturated heterocycles. The van der Waals surface area contributed by atoms with Crippen molar-refractivity contribution in [2.24, 2.45) is 11.8 Å². The molecule has 1 unspecified atom stereocenters. The van der Waals surface area contributed by atoms with Gasteiger partial charge in [0, 0.05) is 17.8 Å². The first-order valence-corrected chi connectivity index (χ1v) is 7.12. The molecule has 0 fully saturated rings. The Balaban J connectivity index is 2.26. The molecule has 1 N–H and O–H groups in total. The number of allylic oxidation sites excluding steroid dienone is 1. The van der Waals surface area contributed by atoms with E-state index in [4.69, 9.17) is 6.42 Å². The van der Waals surface area contributed by atoms with E-state index in [1.54, 1.807) is 0 Å². The van der Waals surface area contributed by atoms with Crippen molar-refractivity contribution < 1.29 is 0 Å².